The molecule has 0 radical (unpaired) electrons. The summed E-state index contributed by atoms with van der Waals surface area (Å²) in [6, 6.07) is 7.23. The average Bonchev–Trinajstić information content (AvgIpc) is 2.96. The Morgan fingerprint density at radius 2 is 1.59 bits per heavy atom. The first kappa shape index (κ1) is 39.4. The number of benzene rings is 1. The van der Waals surface area contributed by atoms with E-state index < -0.39 is 12.6 Å². The lowest BCUT2D eigenvalue weighted by molar-refractivity contribution is -0.127. The molecule has 1 heterocycles. The van der Waals surface area contributed by atoms with Gasteiger partial charge in [-0.25, -0.2) is 0 Å². The smallest absolute Gasteiger partial charge is 0.379 e. The number of morpholine rings is 1. The fraction of sp³-hybridized carbons (Fsp3) is 0.722. The van der Waals surface area contributed by atoms with Crippen molar-refractivity contribution in [3.63, 3.8) is 0 Å². The Morgan fingerprint density at radius 3 is 2.05 bits per heavy atom. The molecule has 2 nitrogen and oxygen atoms in total. The second-order valence-electron chi connectivity index (χ2n) is 11.7. The fourth-order valence-corrected chi connectivity index (χ4v) is 5.37. The van der Waals surface area contributed by atoms with E-state index in [1.165, 1.54) is 74.9 Å². The molecule has 1 aliphatic carbocycles. The third-order valence-electron chi connectivity index (χ3n) is 8.20. The third kappa shape index (κ3) is 17.9. The number of ether oxygens (including phenoxy) is 1. The molecule has 5 heteroatoms. The van der Waals surface area contributed by atoms with Gasteiger partial charge in [0.15, 0.2) is 0 Å². The number of hydrogen-bond acceptors (Lipinski definition) is 2. The maximum absolute atomic E-state index is 11.8. The molecule has 0 N–H and O–H groups in total. The summed E-state index contributed by atoms with van der Waals surface area (Å²) in [5.41, 5.74) is 4.09. The van der Waals surface area contributed by atoms with Gasteiger partial charge in [-0.05, 0) is 70.3 Å². The van der Waals surface area contributed by atoms with Gasteiger partial charge >= 0.3 is 6.18 Å². The van der Waals surface area contributed by atoms with Crippen LogP contribution in [0, 0.1) is 24.7 Å². The molecular weight excluding hydrogens is 519 g/mol. The molecule has 1 saturated heterocycles. The Morgan fingerprint density at radius 1 is 1.00 bits per heavy atom. The van der Waals surface area contributed by atoms with E-state index in [0.717, 1.165) is 36.7 Å². The zero-order chi connectivity index (χ0) is 31.4. The van der Waals surface area contributed by atoms with Gasteiger partial charge in [-0.15, -0.1) is 0 Å². The van der Waals surface area contributed by atoms with E-state index in [4.69, 9.17) is 4.74 Å². The maximum Gasteiger partial charge on any atom is 0.393 e. The quantitative estimate of drug-likeness (QED) is 0.297. The minimum atomic E-state index is -4.10. The molecule has 1 aliphatic heterocycles. The number of hydrogen-bond donors (Lipinski definition) is 0. The van der Waals surface area contributed by atoms with Crippen molar-refractivity contribution < 1.29 is 17.9 Å². The maximum atomic E-state index is 11.8. The van der Waals surface area contributed by atoms with E-state index in [1.807, 2.05) is 20.8 Å². The Hall–Kier alpha value is -1.59. The minimum Gasteiger partial charge on any atom is -0.379 e. The van der Waals surface area contributed by atoms with E-state index in [1.54, 1.807) is 12.1 Å². The first-order valence-corrected chi connectivity index (χ1v) is 16.1. The number of nitrogens with zero attached hydrogens (tertiary/aromatic N) is 1. The summed E-state index contributed by atoms with van der Waals surface area (Å²) in [5, 5.41) is 0. The molecule has 0 bridgehead atoms. The normalized spacial score (nSPS) is 22.0. The van der Waals surface area contributed by atoms with Crippen molar-refractivity contribution in [2.45, 2.75) is 126 Å². The highest BCUT2D eigenvalue weighted by Gasteiger charge is 2.32. The largest absolute Gasteiger partial charge is 0.393 e. The second kappa shape index (κ2) is 22.0. The minimum absolute atomic E-state index is 0.313. The third-order valence-corrected chi connectivity index (χ3v) is 8.20. The predicted molar refractivity (Wildman–Crippen MR) is 173 cm³/mol. The Labute approximate surface area is 251 Å². The number of rotatable bonds is 7. The van der Waals surface area contributed by atoms with E-state index >= 15 is 0 Å². The van der Waals surface area contributed by atoms with Gasteiger partial charge in [0.1, 0.15) is 0 Å². The van der Waals surface area contributed by atoms with Crippen molar-refractivity contribution in [3.8, 4) is 0 Å². The molecule has 1 saturated carbocycles. The molecule has 3 atom stereocenters. The first-order chi connectivity index (χ1) is 19.4. The highest BCUT2D eigenvalue weighted by atomic mass is 19.4. The molecule has 3 rings (SSSR count). The van der Waals surface area contributed by atoms with E-state index in [-0.39, 0.29) is 0 Å². The second-order valence-corrected chi connectivity index (χ2v) is 11.7. The molecule has 41 heavy (non-hydrogen) atoms. The summed E-state index contributed by atoms with van der Waals surface area (Å²) in [7, 11) is 0. The van der Waals surface area contributed by atoms with Gasteiger partial charge in [0.2, 0.25) is 0 Å². The predicted octanol–water partition coefficient (Wildman–Crippen LogP) is 11.0. The van der Waals surface area contributed by atoms with Crippen LogP contribution in [0.25, 0.3) is 0 Å². The van der Waals surface area contributed by atoms with Crippen LogP contribution < -0.4 is 0 Å². The van der Waals surface area contributed by atoms with Gasteiger partial charge in [-0.1, -0.05) is 114 Å². The van der Waals surface area contributed by atoms with E-state index in [9.17, 15) is 13.2 Å². The van der Waals surface area contributed by atoms with Crippen molar-refractivity contribution in [1.82, 2.24) is 4.90 Å². The van der Waals surface area contributed by atoms with Gasteiger partial charge in [0.05, 0.1) is 19.6 Å². The molecule has 2 fully saturated rings. The van der Waals surface area contributed by atoms with Gasteiger partial charge in [0.25, 0.3) is 0 Å². The molecule has 238 valence electrons. The SMILES string of the molecule is C/C=C(C)\C=C(\C)C(C)C.CC.CCCC1CCC(N2CCOCC2)CC1CC.Cc1ccc(CC(F)(F)F)cc1. The van der Waals surface area contributed by atoms with E-state index in [0.29, 0.717) is 11.5 Å². The van der Waals surface area contributed by atoms with Gasteiger partial charge in [-0.3, -0.25) is 4.90 Å². The van der Waals surface area contributed by atoms with Crippen molar-refractivity contribution in [2.24, 2.45) is 17.8 Å². The number of alkyl halides is 3. The van der Waals surface area contributed by atoms with Crippen LogP contribution in [0.3, 0.4) is 0 Å². The zero-order valence-electron chi connectivity index (χ0n) is 28.0. The highest BCUT2D eigenvalue weighted by molar-refractivity contribution is 5.22. The average molecular weight is 582 g/mol. The fourth-order valence-electron chi connectivity index (χ4n) is 5.37. The molecule has 0 spiro atoms. The molecule has 0 aromatic heterocycles. The van der Waals surface area contributed by atoms with Gasteiger partial charge in [-0.2, -0.15) is 13.2 Å². The topological polar surface area (TPSA) is 12.5 Å². The van der Waals surface area contributed by atoms with Crippen LogP contribution >= 0.6 is 0 Å². The summed E-state index contributed by atoms with van der Waals surface area (Å²) in [6.07, 6.45) is 7.97. The van der Waals surface area contributed by atoms with Crippen molar-refractivity contribution >= 4 is 0 Å². The zero-order valence-corrected chi connectivity index (χ0v) is 28.0. The molecule has 2 aliphatic rings. The first-order valence-electron chi connectivity index (χ1n) is 16.1. The van der Waals surface area contributed by atoms with Crippen LogP contribution in [0.15, 0.2) is 47.6 Å². The standard InChI is InChI=1S/C15H29NO.C10H18.C9H9F3.C2H6/c1-3-5-14-6-7-15(12-13(14)4-2)16-8-10-17-11-9-16;1-6-9(4)7-10(5)8(2)3;1-7-2-4-8(5-3-7)6-9(10,11)12;1-2/h13-15H,3-12H2,1-2H3;6-8H,1-5H3;2-5H,6H2,1H3;1-2H3/b;9-6-,10-7-;;. The van der Waals surface area contributed by atoms with Gasteiger partial charge in [0, 0.05) is 19.1 Å². The summed E-state index contributed by atoms with van der Waals surface area (Å²) in [6.45, 7) is 25.6. The van der Waals surface area contributed by atoms with E-state index in [2.05, 4.69) is 65.5 Å². The van der Waals surface area contributed by atoms with Crippen LogP contribution in [0.2, 0.25) is 0 Å². The lowest BCUT2D eigenvalue weighted by Crippen LogP contribution is -2.46. The summed E-state index contributed by atoms with van der Waals surface area (Å²) < 4.78 is 41.0. The Balaban J connectivity index is 0.000000592. The number of aryl methyl sites for hydroxylation is 1. The summed E-state index contributed by atoms with van der Waals surface area (Å²) >= 11 is 0. The van der Waals surface area contributed by atoms with Crippen LogP contribution in [0.5, 0.6) is 0 Å². The molecular formula is C36H62F3NO. The lowest BCUT2D eigenvalue weighted by Gasteiger charge is -2.42. The number of halogens is 3. The van der Waals surface area contributed by atoms with Crippen molar-refractivity contribution in [1.29, 1.82) is 0 Å². The van der Waals surface area contributed by atoms with Crippen LogP contribution in [0.4, 0.5) is 13.2 Å². The monoisotopic (exact) mass is 581 g/mol. The van der Waals surface area contributed by atoms with Crippen LogP contribution in [0.1, 0.15) is 112 Å². The van der Waals surface area contributed by atoms with Crippen molar-refractivity contribution in [3.05, 3.63) is 58.7 Å². The summed E-state index contributed by atoms with van der Waals surface area (Å²) in [4.78, 5) is 2.69. The Bertz CT molecular complexity index is 835. The van der Waals surface area contributed by atoms with Crippen LogP contribution in [-0.4, -0.2) is 43.4 Å². The molecule has 1 aromatic rings. The van der Waals surface area contributed by atoms with Gasteiger partial charge < -0.3 is 4.74 Å². The molecule has 0 amide bonds. The summed E-state index contributed by atoms with van der Waals surface area (Å²) in [5.74, 6) is 2.67. The number of allylic oxidation sites excluding steroid dienone is 4. The van der Waals surface area contributed by atoms with Crippen LogP contribution in [-0.2, 0) is 11.2 Å². The van der Waals surface area contributed by atoms with Crippen molar-refractivity contribution in [2.75, 3.05) is 26.3 Å². The molecule has 3 unspecified atom stereocenters. The molecule has 1 aromatic carbocycles. The highest BCUT2D eigenvalue weighted by Crippen LogP contribution is 2.37. The Kier molecular flexibility index (Phi) is 21.2. The lowest BCUT2D eigenvalue weighted by atomic mass is 9.73.